The van der Waals surface area contributed by atoms with Crippen LogP contribution in [0.4, 0.5) is 0 Å². The van der Waals surface area contributed by atoms with E-state index in [0.717, 1.165) is 11.1 Å². The highest BCUT2D eigenvalue weighted by Crippen LogP contribution is 2.62. The minimum Gasteiger partial charge on any atom is -0.508 e. The van der Waals surface area contributed by atoms with Crippen LogP contribution >= 0.6 is 0 Å². The van der Waals surface area contributed by atoms with E-state index in [4.69, 9.17) is 25.0 Å². The Labute approximate surface area is 167 Å². The van der Waals surface area contributed by atoms with Gasteiger partial charge in [-0.15, -0.1) is 0 Å². The molecular formula is C21H31B3O3. The average Bonchev–Trinajstić information content (AvgIpc) is 2.75. The zero-order valence-electron chi connectivity index (χ0n) is 18.5. The number of hydrogen-bond donors (Lipinski definition) is 1. The van der Waals surface area contributed by atoms with Gasteiger partial charge in [0.1, 0.15) is 21.4 Å². The lowest BCUT2D eigenvalue weighted by atomic mass is 9.58. The molecule has 3 nitrogen and oxygen atoms in total. The zero-order chi connectivity index (χ0) is 21.0. The Morgan fingerprint density at radius 1 is 0.704 bits per heavy atom. The monoisotopic (exact) mass is 364 g/mol. The molecule has 1 aliphatic heterocycles. The summed E-state index contributed by atoms with van der Waals surface area (Å²) < 4.78 is 12.4. The zero-order valence-corrected chi connectivity index (χ0v) is 18.5. The molecule has 0 bridgehead atoms. The lowest BCUT2D eigenvalue weighted by Gasteiger charge is -2.44. The first-order chi connectivity index (χ1) is 11.9. The molecule has 0 unspecified atom stereocenters. The van der Waals surface area contributed by atoms with Crippen LogP contribution in [0.2, 0.25) is 0 Å². The van der Waals surface area contributed by atoms with Crippen LogP contribution in [0.5, 0.6) is 5.75 Å². The number of phenols is 1. The first kappa shape index (κ1) is 20.9. The SMILES string of the molecule is [B]c1c([B])c2c(c(O)c1B1OC(C)(C)C(C)(C)O1)C(C)(C)C(C)(C)C2(C)C. The van der Waals surface area contributed by atoms with E-state index in [2.05, 4.69) is 41.5 Å². The average molecular weight is 364 g/mol. The highest BCUT2D eigenvalue weighted by atomic mass is 16.7. The Bertz CT molecular complexity index is 807. The molecule has 0 saturated carbocycles. The van der Waals surface area contributed by atoms with Gasteiger partial charge in [0.05, 0.1) is 11.2 Å². The van der Waals surface area contributed by atoms with Crippen molar-refractivity contribution in [3.63, 3.8) is 0 Å². The van der Waals surface area contributed by atoms with E-state index in [1.807, 2.05) is 27.7 Å². The van der Waals surface area contributed by atoms with Crippen LogP contribution in [0.25, 0.3) is 0 Å². The number of phenolic OH excluding ortho intramolecular Hbond substituents is 1. The molecule has 142 valence electrons. The first-order valence-electron chi connectivity index (χ1n) is 9.72. The normalized spacial score (nSPS) is 26.2. The molecule has 1 saturated heterocycles. The van der Waals surface area contributed by atoms with E-state index in [1.165, 1.54) is 0 Å². The predicted molar refractivity (Wildman–Crippen MR) is 114 cm³/mol. The van der Waals surface area contributed by atoms with E-state index < -0.39 is 18.3 Å². The molecule has 0 amide bonds. The molecule has 6 heteroatoms. The van der Waals surface area contributed by atoms with Crippen LogP contribution < -0.4 is 16.4 Å². The molecule has 2 aliphatic rings. The molecule has 0 spiro atoms. The van der Waals surface area contributed by atoms with Crippen LogP contribution in [0.1, 0.15) is 80.4 Å². The maximum Gasteiger partial charge on any atom is 0.498 e. The van der Waals surface area contributed by atoms with E-state index in [0.29, 0.717) is 16.4 Å². The highest BCUT2D eigenvalue weighted by molar-refractivity contribution is 6.71. The van der Waals surface area contributed by atoms with Crippen molar-refractivity contribution in [3.8, 4) is 5.75 Å². The summed E-state index contributed by atoms with van der Waals surface area (Å²) in [5, 5.41) is 11.4. The molecule has 27 heavy (non-hydrogen) atoms. The number of hydrogen-bond acceptors (Lipinski definition) is 3. The van der Waals surface area contributed by atoms with Gasteiger partial charge in [-0.25, -0.2) is 0 Å². The molecule has 1 aromatic rings. The van der Waals surface area contributed by atoms with Gasteiger partial charge >= 0.3 is 7.12 Å². The van der Waals surface area contributed by atoms with Crippen molar-refractivity contribution >= 4 is 39.2 Å². The second-order valence-corrected chi connectivity index (χ2v) is 10.8. The molecular weight excluding hydrogens is 333 g/mol. The molecule has 1 fully saturated rings. The summed E-state index contributed by atoms with van der Waals surface area (Å²) in [5.41, 5.74) is 1.35. The minimum absolute atomic E-state index is 0.144. The third kappa shape index (κ3) is 2.32. The van der Waals surface area contributed by atoms with Gasteiger partial charge in [-0.05, 0) is 49.5 Å². The number of aromatic hydroxyl groups is 1. The van der Waals surface area contributed by atoms with Gasteiger partial charge in [-0.1, -0.05) is 52.5 Å². The molecule has 1 heterocycles. The summed E-state index contributed by atoms with van der Waals surface area (Å²) in [7, 11) is 12.3. The Balaban J connectivity index is 2.31. The van der Waals surface area contributed by atoms with Gasteiger partial charge in [0, 0.05) is 11.0 Å². The van der Waals surface area contributed by atoms with Crippen molar-refractivity contribution in [3.05, 3.63) is 11.1 Å². The lowest BCUT2D eigenvalue weighted by Crippen LogP contribution is -2.52. The van der Waals surface area contributed by atoms with Gasteiger partial charge in [0.15, 0.2) is 0 Å². The lowest BCUT2D eigenvalue weighted by molar-refractivity contribution is 0.00578. The molecule has 0 atom stereocenters. The summed E-state index contributed by atoms with van der Waals surface area (Å²) >= 11 is 0. The van der Waals surface area contributed by atoms with Crippen molar-refractivity contribution in [2.45, 2.75) is 91.3 Å². The first-order valence-corrected chi connectivity index (χ1v) is 9.72. The van der Waals surface area contributed by atoms with Gasteiger partial charge in [0.2, 0.25) is 0 Å². The van der Waals surface area contributed by atoms with Gasteiger partial charge in [-0.3, -0.25) is 0 Å². The topological polar surface area (TPSA) is 38.7 Å². The standard InChI is InChI=1S/C21H31B3O3/c1-17(2)11-12(18(3,4)19(17,5)6)16(25)15(14(23)13(11)22)24-26-20(7,8)21(9,10)27-24/h25H,1-10H3. The van der Waals surface area contributed by atoms with Crippen molar-refractivity contribution < 1.29 is 14.4 Å². The largest absolute Gasteiger partial charge is 0.508 e. The fourth-order valence-corrected chi connectivity index (χ4v) is 4.66. The quantitative estimate of drug-likeness (QED) is 0.774. The van der Waals surface area contributed by atoms with Crippen molar-refractivity contribution in [1.29, 1.82) is 0 Å². The molecule has 4 radical (unpaired) electrons. The van der Waals surface area contributed by atoms with Crippen molar-refractivity contribution in [2.24, 2.45) is 5.41 Å². The summed E-state index contributed by atoms with van der Waals surface area (Å²) in [6, 6.07) is 0. The Kier molecular flexibility index (Phi) is 4.16. The molecule has 3 rings (SSSR count). The van der Waals surface area contributed by atoms with E-state index >= 15 is 0 Å². The van der Waals surface area contributed by atoms with Crippen molar-refractivity contribution in [1.82, 2.24) is 0 Å². The van der Waals surface area contributed by atoms with Crippen LogP contribution in [0, 0.1) is 5.41 Å². The maximum atomic E-state index is 11.4. The van der Waals surface area contributed by atoms with Gasteiger partial charge in [-0.2, -0.15) is 0 Å². The molecule has 1 N–H and O–H groups in total. The highest BCUT2D eigenvalue weighted by Gasteiger charge is 2.60. The van der Waals surface area contributed by atoms with Crippen LogP contribution in [0.3, 0.4) is 0 Å². The van der Waals surface area contributed by atoms with E-state index in [-0.39, 0.29) is 22.0 Å². The van der Waals surface area contributed by atoms with Crippen LogP contribution in [0.15, 0.2) is 0 Å². The number of rotatable bonds is 1. The smallest absolute Gasteiger partial charge is 0.498 e. The third-order valence-corrected chi connectivity index (χ3v) is 8.46. The second-order valence-electron chi connectivity index (χ2n) is 10.8. The van der Waals surface area contributed by atoms with Crippen molar-refractivity contribution in [2.75, 3.05) is 0 Å². The molecule has 0 aromatic heterocycles. The summed E-state index contributed by atoms with van der Waals surface area (Å²) in [6.07, 6.45) is 0. The number of fused-ring (bicyclic) bond motifs is 1. The van der Waals surface area contributed by atoms with E-state index in [9.17, 15) is 5.11 Å². The van der Waals surface area contributed by atoms with Crippen LogP contribution in [-0.4, -0.2) is 39.1 Å². The molecule has 1 aliphatic carbocycles. The number of benzene rings is 1. The summed E-state index contributed by atoms with van der Waals surface area (Å²) in [4.78, 5) is 0. The molecule has 1 aromatic carbocycles. The Morgan fingerprint density at radius 2 is 1.11 bits per heavy atom. The minimum atomic E-state index is -0.759. The summed E-state index contributed by atoms with van der Waals surface area (Å²) in [6.45, 7) is 21.0. The summed E-state index contributed by atoms with van der Waals surface area (Å²) in [5.74, 6) is 0.152. The fourth-order valence-electron chi connectivity index (χ4n) is 4.66. The van der Waals surface area contributed by atoms with Crippen LogP contribution in [-0.2, 0) is 20.1 Å². The van der Waals surface area contributed by atoms with Gasteiger partial charge < -0.3 is 14.4 Å². The Morgan fingerprint density at radius 3 is 1.56 bits per heavy atom. The maximum absolute atomic E-state index is 11.4. The fraction of sp³-hybridized carbons (Fsp3) is 0.714. The Hall–Kier alpha value is -0.865. The van der Waals surface area contributed by atoms with E-state index in [1.54, 1.807) is 0 Å². The third-order valence-electron chi connectivity index (χ3n) is 8.46. The second kappa shape index (κ2) is 5.39. The predicted octanol–water partition coefficient (Wildman–Crippen LogP) is 1.87. The van der Waals surface area contributed by atoms with Gasteiger partial charge in [0.25, 0.3) is 0 Å².